The van der Waals surface area contributed by atoms with Crippen molar-refractivity contribution in [2.24, 2.45) is 5.41 Å². The Kier molecular flexibility index (Phi) is 4.29. The minimum absolute atomic E-state index is 0.0820. The number of carbonyl (C=O) groups excluding carboxylic acids is 1. The van der Waals surface area contributed by atoms with Crippen molar-refractivity contribution in [2.75, 3.05) is 13.1 Å². The quantitative estimate of drug-likeness (QED) is 0.917. The second kappa shape index (κ2) is 6.49. The zero-order valence-electron chi connectivity index (χ0n) is 15.8. The maximum atomic E-state index is 13.1. The molecule has 26 heavy (non-hydrogen) atoms. The van der Waals surface area contributed by atoms with Crippen molar-refractivity contribution in [1.82, 2.24) is 25.1 Å². The van der Waals surface area contributed by atoms with Gasteiger partial charge in [0.1, 0.15) is 5.82 Å². The smallest absolute Gasteiger partial charge is 0.255 e. The molecule has 2 fully saturated rings. The largest absolute Gasteiger partial charge is 0.337 e. The van der Waals surface area contributed by atoms with Crippen molar-refractivity contribution < 1.29 is 4.79 Å². The molecular weight excluding hydrogens is 326 g/mol. The van der Waals surface area contributed by atoms with E-state index in [-0.39, 0.29) is 17.2 Å². The molecule has 0 bridgehead atoms. The van der Waals surface area contributed by atoms with Crippen LogP contribution in [0.1, 0.15) is 78.9 Å². The molecule has 1 aliphatic carbocycles. The van der Waals surface area contributed by atoms with E-state index in [0.717, 1.165) is 36.6 Å². The van der Waals surface area contributed by atoms with Gasteiger partial charge in [0, 0.05) is 37.3 Å². The third-order valence-corrected chi connectivity index (χ3v) is 6.02. The van der Waals surface area contributed by atoms with Gasteiger partial charge in [0.15, 0.2) is 5.82 Å². The number of hydrogen-bond donors (Lipinski definition) is 1. The molecule has 3 heterocycles. The van der Waals surface area contributed by atoms with Crippen molar-refractivity contribution >= 4 is 5.91 Å². The van der Waals surface area contributed by atoms with Crippen LogP contribution < -0.4 is 0 Å². The minimum Gasteiger partial charge on any atom is -0.337 e. The van der Waals surface area contributed by atoms with Crippen LogP contribution in [0.2, 0.25) is 0 Å². The fraction of sp³-hybridized carbons (Fsp3) is 0.600. The summed E-state index contributed by atoms with van der Waals surface area (Å²) in [7, 11) is 0. The summed E-state index contributed by atoms with van der Waals surface area (Å²) in [6.45, 7) is 7.69. The first-order valence-corrected chi connectivity index (χ1v) is 9.62. The van der Waals surface area contributed by atoms with Crippen molar-refractivity contribution in [3.8, 4) is 0 Å². The van der Waals surface area contributed by atoms with E-state index in [1.54, 1.807) is 12.4 Å². The van der Waals surface area contributed by atoms with Crippen LogP contribution in [0.3, 0.4) is 0 Å². The van der Waals surface area contributed by atoms with E-state index in [4.69, 9.17) is 4.98 Å². The third kappa shape index (κ3) is 2.91. The zero-order chi connectivity index (χ0) is 18.3. The van der Waals surface area contributed by atoms with Gasteiger partial charge < -0.3 is 4.90 Å². The van der Waals surface area contributed by atoms with E-state index in [9.17, 15) is 4.79 Å². The Labute approximate surface area is 154 Å². The molecule has 1 amide bonds. The van der Waals surface area contributed by atoms with Crippen LogP contribution >= 0.6 is 0 Å². The Morgan fingerprint density at radius 3 is 2.73 bits per heavy atom. The summed E-state index contributed by atoms with van der Waals surface area (Å²) in [4.78, 5) is 24.0. The average Bonchev–Trinajstić information content (AvgIpc) is 3.35. The lowest BCUT2D eigenvalue weighted by atomic mass is 9.76. The number of nitrogens with zero attached hydrogens (tertiary/aromatic N) is 4. The van der Waals surface area contributed by atoms with E-state index in [2.05, 4.69) is 29.0 Å². The molecular formula is C20H27N5O. The van der Waals surface area contributed by atoms with E-state index in [0.29, 0.717) is 18.0 Å². The number of nitrogens with one attached hydrogen (secondary N) is 1. The molecule has 2 aliphatic rings. The lowest BCUT2D eigenvalue weighted by Gasteiger charge is -2.28. The standard InChI is InChI=1S/C20H27N5O/c1-13(2)17-22-18(24-23-17)16-11-25(12-20(16)6-4-5-7-20)19(26)15-8-14(3)9-21-10-15/h8-10,13,16H,4-7,11-12H2,1-3H3,(H,22,23,24). The maximum absolute atomic E-state index is 13.1. The summed E-state index contributed by atoms with van der Waals surface area (Å²) in [5.41, 5.74) is 1.83. The number of aromatic nitrogens is 4. The highest BCUT2D eigenvalue weighted by Crippen LogP contribution is 2.52. The van der Waals surface area contributed by atoms with Crippen LogP contribution in [0.25, 0.3) is 0 Å². The van der Waals surface area contributed by atoms with Gasteiger partial charge in [-0.25, -0.2) is 4.98 Å². The number of aryl methyl sites for hydroxylation is 1. The second-order valence-corrected chi connectivity index (χ2v) is 8.29. The first kappa shape index (κ1) is 17.2. The minimum atomic E-state index is 0.0820. The van der Waals surface area contributed by atoms with E-state index < -0.39 is 0 Å². The van der Waals surface area contributed by atoms with Crippen molar-refractivity contribution in [1.29, 1.82) is 0 Å². The van der Waals surface area contributed by atoms with Crippen LogP contribution in [0.5, 0.6) is 0 Å². The number of hydrogen-bond acceptors (Lipinski definition) is 4. The van der Waals surface area contributed by atoms with Gasteiger partial charge in [-0.3, -0.25) is 14.9 Å². The summed E-state index contributed by atoms with van der Waals surface area (Å²) >= 11 is 0. The Morgan fingerprint density at radius 1 is 1.31 bits per heavy atom. The normalized spacial score (nSPS) is 21.8. The van der Waals surface area contributed by atoms with E-state index in [1.165, 1.54) is 12.8 Å². The highest BCUT2D eigenvalue weighted by atomic mass is 16.2. The molecule has 1 N–H and O–H groups in total. The molecule has 1 unspecified atom stereocenters. The molecule has 138 valence electrons. The number of amides is 1. The average molecular weight is 353 g/mol. The fourth-order valence-electron chi connectivity index (χ4n) is 4.64. The molecule has 2 aromatic rings. The molecule has 1 saturated carbocycles. The van der Waals surface area contributed by atoms with Gasteiger partial charge in [0.05, 0.1) is 5.56 Å². The summed E-state index contributed by atoms with van der Waals surface area (Å²) in [6.07, 6.45) is 8.24. The summed E-state index contributed by atoms with van der Waals surface area (Å²) in [5.74, 6) is 2.44. The number of H-pyrrole nitrogens is 1. The highest BCUT2D eigenvalue weighted by Gasteiger charge is 2.51. The zero-order valence-corrected chi connectivity index (χ0v) is 15.8. The molecule has 1 spiro atoms. The Hall–Kier alpha value is -2.24. The van der Waals surface area contributed by atoms with E-state index in [1.807, 2.05) is 17.9 Å². The first-order valence-electron chi connectivity index (χ1n) is 9.62. The van der Waals surface area contributed by atoms with Crippen molar-refractivity contribution in [3.05, 3.63) is 41.2 Å². The monoisotopic (exact) mass is 353 g/mol. The predicted molar refractivity (Wildman–Crippen MR) is 99.0 cm³/mol. The topological polar surface area (TPSA) is 74.8 Å². The van der Waals surface area contributed by atoms with Crippen LogP contribution in [-0.4, -0.2) is 44.1 Å². The number of likely N-dealkylation sites (tertiary alicyclic amines) is 1. The van der Waals surface area contributed by atoms with Crippen molar-refractivity contribution in [3.63, 3.8) is 0 Å². The number of carbonyl (C=O) groups is 1. The van der Waals surface area contributed by atoms with Gasteiger partial charge in [-0.1, -0.05) is 26.7 Å². The summed E-state index contributed by atoms with van der Waals surface area (Å²) in [5, 5.41) is 7.58. The molecule has 4 rings (SSSR count). The van der Waals surface area contributed by atoms with Crippen LogP contribution in [0.15, 0.2) is 18.5 Å². The molecule has 6 nitrogen and oxygen atoms in total. The van der Waals surface area contributed by atoms with Gasteiger partial charge in [-0.05, 0) is 36.8 Å². The van der Waals surface area contributed by atoms with Crippen LogP contribution in [-0.2, 0) is 0 Å². The van der Waals surface area contributed by atoms with E-state index >= 15 is 0 Å². The van der Waals surface area contributed by atoms with Gasteiger partial charge in [0.2, 0.25) is 0 Å². The van der Waals surface area contributed by atoms with Gasteiger partial charge >= 0.3 is 0 Å². The number of rotatable bonds is 3. The Bertz CT molecular complexity index is 806. The maximum Gasteiger partial charge on any atom is 0.255 e. The first-order chi connectivity index (χ1) is 12.5. The summed E-state index contributed by atoms with van der Waals surface area (Å²) < 4.78 is 0. The molecule has 6 heteroatoms. The fourth-order valence-corrected chi connectivity index (χ4v) is 4.64. The van der Waals surface area contributed by atoms with Crippen LogP contribution in [0.4, 0.5) is 0 Å². The molecule has 1 aliphatic heterocycles. The number of aromatic amines is 1. The van der Waals surface area contributed by atoms with Gasteiger partial charge in [-0.2, -0.15) is 5.10 Å². The molecule has 2 aromatic heterocycles. The van der Waals surface area contributed by atoms with Crippen molar-refractivity contribution in [2.45, 2.75) is 58.3 Å². The summed E-state index contributed by atoms with van der Waals surface area (Å²) in [6, 6.07) is 1.93. The predicted octanol–water partition coefficient (Wildman–Crippen LogP) is 3.43. The lowest BCUT2D eigenvalue weighted by molar-refractivity contribution is 0.0772. The highest BCUT2D eigenvalue weighted by molar-refractivity contribution is 5.94. The molecule has 1 saturated heterocycles. The second-order valence-electron chi connectivity index (χ2n) is 8.29. The number of pyridine rings is 1. The van der Waals surface area contributed by atoms with Crippen LogP contribution in [0, 0.1) is 12.3 Å². The SMILES string of the molecule is Cc1cncc(C(=O)N2CC(c3nc(C(C)C)n[nH]3)C3(CCCC3)C2)c1. The third-order valence-electron chi connectivity index (χ3n) is 6.02. The Balaban J connectivity index is 1.63. The Morgan fingerprint density at radius 2 is 2.08 bits per heavy atom. The molecule has 1 atom stereocenters. The van der Waals surface area contributed by atoms with Gasteiger partial charge in [0.25, 0.3) is 5.91 Å². The lowest BCUT2D eigenvalue weighted by Crippen LogP contribution is -2.31. The molecule has 0 radical (unpaired) electrons. The molecule has 0 aromatic carbocycles. The van der Waals surface area contributed by atoms with Gasteiger partial charge in [-0.15, -0.1) is 0 Å².